The predicted octanol–water partition coefficient (Wildman–Crippen LogP) is 4.29. The van der Waals surface area contributed by atoms with Crippen molar-refractivity contribution in [2.75, 3.05) is 7.05 Å². The lowest BCUT2D eigenvalue weighted by atomic mass is 9.90. The molecule has 1 unspecified atom stereocenters. The summed E-state index contributed by atoms with van der Waals surface area (Å²) >= 11 is 1.71. The first kappa shape index (κ1) is 21.0. The average molecular weight is 486 g/mol. The maximum absolute atomic E-state index is 6.10. The van der Waals surface area contributed by atoms with Crippen molar-refractivity contribution in [3.63, 3.8) is 0 Å². The van der Waals surface area contributed by atoms with E-state index in [2.05, 4.69) is 52.8 Å². The number of aromatic nitrogens is 1. The minimum Gasteiger partial charge on any atom is -0.487 e. The molecule has 1 aromatic heterocycles. The number of rotatable bonds is 4. The van der Waals surface area contributed by atoms with E-state index in [1.807, 2.05) is 18.2 Å². The summed E-state index contributed by atoms with van der Waals surface area (Å²) in [5.74, 6) is 1.72. The van der Waals surface area contributed by atoms with E-state index < -0.39 is 0 Å². The number of halogens is 1. The number of aryl methyl sites for hydroxylation is 1. The molecular formula is C19H27IN4OS. The van der Waals surface area contributed by atoms with Crippen LogP contribution >= 0.6 is 35.3 Å². The number of nitrogens with zero attached hydrogens (tertiary/aromatic N) is 2. The minimum absolute atomic E-state index is 0. The summed E-state index contributed by atoms with van der Waals surface area (Å²) in [6.45, 7) is 7.04. The molecule has 5 nitrogen and oxygen atoms in total. The monoisotopic (exact) mass is 486 g/mol. The zero-order valence-electron chi connectivity index (χ0n) is 15.7. The van der Waals surface area contributed by atoms with Gasteiger partial charge in [0.15, 0.2) is 5.96 Å². The number of ether oxygens (including phenoxy) is 1. The molecule has 1 aliphatic heterocycles. The van der Waals surface area contributed by atoms with Crippen molar-refractivity contribution < 1.29 is 4.74 Å². The third-order valence-electron chi connectivity index (χ3n) is 4.25. The first-order valence-corrected chi connectivity index (χ1v) is 9.57. The summed E-state index contributed by atoms with van der Waals surface area (Å²) in [5, 5.41) is 10.2. The highest BCUT2D eigenvalue weighted by atomic mass is 127. The lowest BCUT2D eigenvalue weighted by Gasteiger charge is -2.38. The fourth-order valence-corrected chi connectivity index (χ4v) is 3.80. The van der Waals surface area contributed by atoms with E-state index in [4.69, 9.17) is 4.74 Å². The molecule has 2 N–H and O–H groups in total. The van der Waals surface area contributed by atoms with E-state index in [0.29, 0.717) is 6.54 Å². The smallest absolute Gasteiger partial charge is 0.191 e. The number of benzene rings is 1. The Balaban J connectivity index is 0.00000243. The number of hydrogen-bond acceptors (Lipinski definition) is 4. The second kappa shape index (κ2) is 9.03. The summed E-state index contributed by atoms with van der Waals surface area (Å²) in [7, 11) is 1.80. The topological polar surface area (TPSA) is 58.5 Å². The lowest BCUT2D eigenvalue weighted by Crippen LogP contribution is -2.45. The molecule has 1 atom stereocenters. The summed E-state index contributed by atoms with van der Waals surface area (Å²) < 4.78 is 6.10. The van der Waals surface area contributed by atoms with Crippen LogP contribution in [-0.2, 0) is 13.0 Å². The molecule has 7 heteroatoms. The van der Waals surface area contributed by atoms with E-state index in [0.717, 1.165) is 30.2 Å². The molecule has 0 aliphatic carbocycles. The zero-order valence-corrected chi connectivity index (χ0v) is 18.9. The van der Waals surface area contributed by atoms with Crippen LogP contribution in [0.2, 0.25) is 0 Å². The van der Waals surface area contributed by atoms with Crippen molar-refractivity contribution >= 4 is 41.3 Å². The highest BCUT2D eigenvalue weighted by Crippen LogP contribution is 2.39. The average Bonchev–Trinajstić information content (AvgIpc) is 3.05. The van der Waals surface area contributed by atoms with Crippen molar-refractivity contribution in [2.24, 2.45) is 4.99 Å². The zero-order chi connectivity index (χ0) is 17.9. The summed E-state index contributed by atoms with van der Waals surface area (Å²) in [5.41, 5.74) is 2.01. The maximum Gasteiger partial charge on any atom is 0.191 e. The molecule has 0 saturated heterocycles. The van der Waals surface area contributed by atoms with Crippen LogP contribution in [0.15, 0.2) is 34.6 Å². The molecule has 0 bridgehead atoms. The molecular weight excluding hydrogens is 459 g/mol. The maximum atomic E-state index is 6.10. The van der Waals surface area contributed by atoms with Crippen LogP contribution in [-0.4, -0.2) is 23.6 Å². The second-order valence-electron chi connectivity index (χ2n) is 6.81. The van der Waals surface area contributed by atoms with Crippen LogP contribution < -0.4 is 15.4 Å². The number of aliphatic imine (C=N–C) groups is 1. The Morgan fingerprint density at radius 3 is 2.85 bits per heavy atom. The third kappa shape index (κ3) is 5.09. The fourth-order valence-electron chi connectivity index (χ4n) is 3.06. The van der Waals surface area contributed by atoms with Crippen LogP contribution in [0.25, 0.3) is 0 Å². The van der Waals surface area contributed by atoms with Gasteiger partial charge in [-0.05, 0) is 26.3 Å². The Kier molecular flexibility index (Phi) is 7.28. The SMILES string of the molecule is CCc1nc(CNC(=NC)NC2CC(C)(C)Oc3ccccc32)cs1.I. The van der Waals surface area contributed by atoms with Crippen LogP contribution in [0.4, 0.5) is 0 Å². The van der Waals surface area contributed by atoms with Gasteiger partial charge in [0.05, 0.1) is 23.3 Å². The highest BCUT2D eigenvalue weighted by Gasteiger charge is 2.33. The Hall–Kier alpha value is -1.35. The van der Waals surface area contributed by atoms with E-state index >= 15 is 0 Å². The molecule has 142 valence electrons. The van der Waals surface area contributed by atoms with Crippen LogP contribution in [0.1, 0.15) is 49.5 Å². The van der Waals surface area contributed by atoms with Gasteiger partial charge in [0.2, 0.25) is 0 Å². The van der Waals surface area contributed by atoms with E-state index in [9.17, 15) is 0 Å². The Morgan fingerprint density at radius 2 is 2.15 bits per heavy atom. The molecule has 2 heterocycles. The quantitative estimate of drug-likeness (QED) is 0.385. The van der Waals surface area contributed by atoms with Gasteiger partial charge in [-0.3, -0.25) is 4.99 Å². The summed E-state index contributed by atoms with van der Waals surface area (Å²) in [6.07, 6.45) is 1.85. The van der Waals surface area contributed by atoms with Crippen LogP contribution in [0.5, 0.6) is 5.75 Å². The summed E-state index contributed by atoms with van der Waals surface area (Å²) in [4.78, 5) is 8.97. The van der Waals surface area contributed by atoms with Crippen LogP contribution in [0.3, 0.4) is 0 Å². The molecule has 2 aromatic rings. The van der Waals surface area contributed by atoms with Gasteiger partial charge in [-0.15, -0.1) is 35.3 Å². The number of para-hydroxylation sites is 1. The molecule has 1 aliphatic rings. The van der Waals surface area contributed by atoms with E-state index in [-0.39, 0.29) is 35.6 Å². The van der Waals surface area contributed by atoms with Crippen molar-refractivity contribution in [1.29, 1.82) is 0 Å². The normalized spacial score (nSPS) is 18.3. The Bertz CT molecular complexity index is 760. The number of guanidine groups is 1. The number of fused-ring (bicyclic) bond motifs is 1. The standard InChI is InChI=1S/C19H26N4OS.HI/c1-5-17-22-13(12-25-17)11-21-18(20-4)23-15-10-19(2,3)24-16-9-7-6-8-14(15)16;/h6-9,12,15H,5,10-11H2,1-4H3,(H2,20,21,23);1H. The largest absolute Gasteiger partial charge is 0.487 e. The third-order valence-corrected chi connectivity index (χ3v) is 5.29. The molecule has 1 aromatic carbocycles. The predicted molar refractivity (Wildman–Crippen MR) is 119 cm³/mol. The van der Waals surface area contributed by atoms with E-state index in [1.54, 1.807) is 18.4 Å². The number of thiazole rings is 1. The molecule has 3 rings (SSSR count). The van der Waals surface area contributed by atoms with Crippen molar-refractivity contribution in [3.8, 4) is 5.75 Å². The Morgan fingerprint density at radius 1 is 1.38 bits per heavy atom. The fraction of sp³-hybridized carbons (Fsp3) is 0.474. The second-order valence-corrected chi connectivity index (χ2v) is 7.76. The van der Waals surface area contributed by atoms with Gasteiger partial charge in [-0.2, -0.15) is 0 Å². The van der Waals surface area contributed by atoms with Gasteiger partial charge >= 0.3 is 0 Å². The summed E-state index contributed by atoms with van der Waals surface area (Å²) in [6, 6.07) is 8.37. The van der Waals surface area contributed by atoms with Crippen LogP contribution in [0, 0.1) is 0 Å². The molecule has 0 saturated carbocycles. The van der Waals surface area contributed by atoms with Gasteiger partial charge in [-0.1, -0.05) is 25.1 Å². The molecule has 0 fully saturated rings. The lowest BCUT2D eigenvalue weighted by molar-refractivity contribution is 0.0694. The number of nitrogens with one attached hydrogen (secondary N) is 2. The van der Waals surface area contributed by atoms with Crippen molar-refractivity contribution in [1.82, 2.24) is 15.6 Å². The number of hydrogen-bond donors (Lipinski definition) is 2. The molecule has 0 spiro atoms. The van der Waals surface area contributed by atoms with E-state index in [1.165, 1.54) is 10.6 Å². The first-order valence-electron chi connectivity index (χ1n) is 8.69. The molecule has 26 heavy (non-hydrogen) atoms. The highest BCUT2D eigenvalue weighted by molar-refractivity contribution is 14.0. The van der Waals surface area contributed by atoms with Gasteiger partial charge in [0.25, 0.3) is 0 Å². The van der Waals surface area contributed by atoms with Gasteiger partial charge in [0.1, 0.15) is 11.4 Å². The first-order chi connectivity index (χ1) is 12.0. The molecule has 0 radical (unpaired) electrons. The molecule has 0 amide bonds. The van der Waals surface area contributed by atoms with Gasteiger partial charge < -0.3 is 15.4 Å². The van der Waals surface area contributed by atoms with Crippen molar-refractivity contribution in [2.45, 2.75) is 51.8 Å². The van der Waals surface area contributed by atoms with Crippen molar-refractivity contribution in [3.05, 3.63) is 45.9 Å². The Labute approximate surface area is 176 Å². The minimum atomic E-state index is -0.212. The van der Waals surface area contributed by atoms with Gasteiger partial charge in [0, 0.05) is 24.4 Å². The van der Waals surface area contributed by atoms with Gasteiger partial charge in [-0.25, -0.2) is 4.98 Å².